The molecule has 0 saturated carbocycles. The number of halogens is 3. The van der Waals surface area contributed by atoms with Gasteiger partial charge in [-0.15, -0.1) is 0 Å². The number of rotatable bonds is 9. The van der Waals surface area contributed by atoms with Gasteiger partial charge in [-0.2, -0.15) is 0 Å². The van der Waals surface area contributed by atoms with E-state index in [1.807, 2.05) is 36.4 Å². The van der Waals surface area contributed by atoms with Gasteiger partial charge in [-0.1, -0.05) is 108 Å². The highest BCUT2D eigenvalue weighted by molar-refractivity contribution is 8.20. The third-order valence-corrected chi connectivity index (χ3v) is 11.7. The van der Waals surface area contributed by atoms with E-state index in [4.69, 9.17) is 86.0 Å². The van der Waals surface area contributed by atoms with Crippen molar-refractivity contribution in [1.29, 1.82) is 0 Å². The normalized spacial score (nSPS) is 19.4. The van der Waals surface area contributed by atoms with Crippen molar-refractivity contribution >= 4 is 56.9 Å². The fraction of sp³-hybridized carbons (Fsp3) is 0.581. The van der Waals surface area contributed by atoms with Gasteiger partial charge in [-0.3, -0.25) is 0 Å². The topological polar surface area (TPSA) is 166 Å². The number of hydrogen-bond donors (Lipinski definition) is 5. The Morgan fingerprint density at radius 3 is 1.26 bits per heavy atom. The van der Waals surface area contributed by atoms with Crippen LogP contribution in [0, 0.1) is 24.7 Å². The summed E-state index contributed by atoms with van der Waals surface area (Å²) in [5.41, 5.74) is 4.59. The van der Waals surface area contributed by atoms with Crippen molar-refractivity contribution in [3.63, 3.8) is 0 Å². The van der Waals surface area contributed by atoms with Gasteiger partial charge in [-0.05, 0) is 94.8 Å². The Kier molecular flexibility index (Phi) is 22.7. The third kappa shape index (κ3) is 18.2. The van der Waals surface area contributed by atoms with E-state index in [1.165, 1.54) is 22.3 Å². The smallest absolute Gasteiger partial charge is 0.397 e. The number of benzene rings is 3. The average Bonchev–Trinajstić information content (AvgIpc) is 3.19. The summed E-state index contributed by atoms with van der Waals surface area (Å²) in [6.07, 6.45) is 0. The van der Waals surface area contributed by atoms with E-state index >= 15 is 0 Å². The molecule has 0 aromatic heterocycles. The molecular weight excluding hydrogens is 908 g/mol. The first-order chi connectivity index (χ1) is 28.3. The van der Waals surface area contributed by atoms with Crippen molar-refractivity contribution in [1.82, 2.24) is 0 Å². The van der Waals surface area contributed by atoms with Crippen molar-refractivity contribution in [3.8, 4) is 23.0 Å². The van der Waals surface area contributed by atoms with Crippen LogP contribution in [0.4, 0.5) is 0 Å². The second-order valence-electron chi connectivity index (χ2n) is 18.1. The first kappa shape index (κ1) is 55.8. The van der Waals surface area contributed by atoms with Gasteiger partial charge in [0, 0.05) is 5.56 Å². The van der Waals surface area contributed by atoms with E-state index in [2.05, 4.69) is 88.3 Å². The molecular formula is C43H66Cl3O12P3. The second kappa shape index (κ2) is 24.8. The van der Waals surface area contributed by atoms with E-state index in [0.717, 1.165) is 17.1 Å². The minimum absolute atomic E-state index is 0.0341. The minimum Gasteiger partial charge on any atom is -0.508 e. The van der Waals surface area contributed by atoms with Crippen LogP contribution in [0.3, 0.4) is 0 Å². The summed E-state index contributed by atoms with van der Waals surface area (Å²) in [7, 11) is -1.31. The molecule has 2 aliphatic heterocycles. The Bertz CT molecular complexity index is 1740. The average molecular weight is 974 g/mol. The lowest BCUT2D eigenvalue weighted by molar-refractivity contribution is -0.0673. The summed E-state index contributed by atoms with van der Waals surface area (Å²) in [4.78, 5) is 0. The van der Waals surface area contributed by atoms with Gasteiger partial charge in [0.25, 0.3) is 0 Å². The molecule has 61 heavy (non-hydrogen) atoms. The van der Waals surface area contributed by atoms with Crippen LogP contribution in [0.15, 0.2) is 54.6 Å². The lowest BCUT2D eigenvalue weighted by atomic mass is 9.84. The molecule has 0 aliphatic carbocycles. The van der Waals surface area contributed by atoms with Crippen LogP contribution in [-0.4, -0.2) is 85.5 Å². The number of methoxy groups -OCH3 is 1. The van der Waals surface area contributed by atoms with Crippen molar-refractivity contribution < 1.29 is 57.4 Å². The van der Waals surface area contributed by atoms with E-state index in [-0.39, 0.29) is 21.7 Å². The molecule has 3 aromatic carbocycles. The predicted octanol–water partition coefficient (Wildman–Crippen LogP) is 11.5. The monoisotopic (exact) mass is 972 g/mol. The van der Waals surface area contributed by atoms with Crippen LogP contribution in [0.2, 0.25) is 0 Å². The Balaban J connectivity index is 0.000000416. The van der Waals surface area contributed by atoms with Gasteiger partial charge >= 0.3 is 17.2 Å². The third-order valence-electron chi connectivity index (χ3n) is 9.63. The predicted molar refractivity (Wildman–Crippen MR) is 250 cm³/mol. The van der Waals surface area contributed by atoms with Crippen molar-refractivity contribution in [2.24, 2.45) is 10.8 Å². The number of aliphatic hydroxyl groups excluding tert-OH is 4. The molecule has 5 N–H and O–H groups in total. The molecule has 2 heterocycles. The first-order valence-corrected chi connectivity index (χ1v) is 25.8. The van der Waals surface area contributed by atoms with Gasteiger partial charge in [0.1, 0.15) is 23.0 Å². The fourth-order valence-corrected chi connectivity index (χ4v) is 8.32. The SMILES string of the molecule is COc1ccc(OP2OCC3(COP(Oc4ccc(C)c(C(C)(C)C)c4)OC3)CO2)cc1C(C)(C)C.Cc1ccc(O)cc1C(C)(C)C.ClP(Cl)Cl.OCC(CO)(CO)CO. The largest absolute Gasteiger partial charge is 0.508 e. The molecule has 12 nitrogen and oxygen atoms in total. The fourth-order valence-electron chi connectivity index (χ4n) is 5.87. The highest BCUT2D eigenvalue weighted by atomic mass is 36.0. The molecule has 2 saturated heterocycles. The van der Waals surface area contributed by atoms with E-state index in [0.29, 0.717) is 37.9 Å². The van der Waals surface area contributed by atoms with E-state index in [9.17, 15) is 5.11 Å². The summed E-state index contributed by atoms with van der Waals surface area (Å²) in [6.45, 7) is 23.8. The maximum Gasteiger partial charge on any atom is 0.397 e. The maximum atomic E-state index is 9.30. The molecule has 1 spiro atoms. The summed E-state index contributed by atoms with van der Waals surface area (Å²) in [6, 6.07) is 17.4. The van der Waals surface area contributed by atoms with Crippen LogP contribution in [-0.2, 0) is 34.3 Å². The first-order valence-electron chi connectivity index (χ1n) is 19.6. The number of ether oxygens (including phenoxy) is 1. The van der Waals surface area contributed by atoms with Gasteiger partial charge < -0.3 is 57.4 Å². The molecule has 0 bridgehead atoms. The number of phenolic OH excluding ortho intramolecular Hbond substituents is 1. The molecule has 2 fully saturated rings. The zero-order valence-electron chi connectivity index (χ0n) is 37.4. The molecule has 0 unspecified atom stereocenters. The van der Waals surface area contributed by atoms with Crippen LogP contribution in [0.1, 0.15) is 90.1 Å². The molecule has 0 radical (unpaired) electrons. The molecule has 3 aromatic rings. The van der Waals surface area contributed by atoms with E-state index < -0.39 is 55.0 Å². The Labute approximate surface area is 381 Å². The van der Waals surface area contributed by atoms with E-state index in [1.54, 1.807) is 13.2 Å². The van der Waals surface area contributed by atoms with Crippen molar-refractivity contribution in [3.05, 3.63) is 82.4 Å². The lowest BCUT2D eigenvalue weighted by Gasteiger charge is -2.41. The number of aliphatic hydroxyl groups is 4. The summed E-state index contributed by atoms with van der Waals surface area (Å²) in [5, 5.41) is 43.3. The molecule has 18 heteroatoms. The van der Waals surface area contributed by atoms with Gasteiger partial charge in [0.2, 0.25) is 0 Å². The molecule has 5 rings (SSSR count). The molecule has 0 atom stereocenters. The van der Waals surface area contributed by atoms with Crippen molar-refractivity contribution in [2.45, 2.75) is 92.4 Å². The second-order valence-corrected chi connectivity index (χ2v) is 25.4. The zero-order valence-corrected chi connectivity index (χ0v) is 42.4. The van der Waals surface area contributed by atoms with Gasteiger partial charge in [0.15, 0.2) is 5.98 Å². The quantitative estimate of drug-likeness (QED) is 0.129. The standard InChI is InChI=1S/C27H38O7P2.C11H16O.C5H12O4.Cl3P/c1-19-9-10-20(13-22(19)25(2,3)4)33-35-29-15-27(16-30-35)17-31-36(32-18-27)34-21-11-12-24(28-8)23(14-21)26(5,6)7;1-8-5-6-9(12)7-10(8)11(2,3)4;6-1-5(2-7,3-8)4-9;1-4(2)3/h9-14H,15-18H2,1-8H3;5-7,12H,1-4H3;6-9H,1-4H2;. The highest BCUT2D eigenvalue weighted by Crippen LogP contribution is 2.54. The molecule has 2 aliphatic rings. The maximum absolute atomic E-state index is 9.30. The van der Waals surface area contributed by atoms with Gasteiger partial charge in [-0.25, -0.2) is 0 Å². The Hall–Kier alpha value is -1.30. The summed E-state index contributed by atoms with van der Waals surface area (Å²) >= 11 is 14.6. The Morgan fingerprint density at radius 1 is 0.590 bits per heavy atom. The van der Waals surface area contributed by atoms with Gasteiger partial charge in [0.05, 0.1) is 70.8 Å². The summed E-state index contributed by atoms with van der Waals surface area (Å²) < 4.78 is 41.5. The van der Waals surface area contributed by atoms with Crippen LogP contribution < -0.4 is 13.8 Å². The number of aromatic hydroxyl groups is 1. The van der Waals surface area contributed by atoms with Crippen molar-refractivity contribution in [2.75, 3.05) is 60.0 Å². The minimum atomic E-state index is -1.51. The number of aryl methyl sites for hydroxylation is 2. The summed E-state index contributed by atoms with van der Waals surface area (Å²) in [5.74, 6) is 1.44. The highest BCUT2D eigenvalue weighted by Gasteiger charge is 2.45. The molecule has 346 valence electrons. The number of hydrogen-bond acceptors (Lipinski definition) is 12. The zero-order chi connectivity index (χ0) is 46.4. The van der Waals surface area contributed by atoms with Crippen LogP contribution in [0.25, 0.3) is 0 Å². The van der Waals surface area contributed by atoms with Crippen LogP contribution in [0.5, 0.6) is 23.0 Å². The van der Waals surface area contributed by atoms with Crippen LogP contribution >= 0.6 is 56.9 Å². The molecule has 0 amide bonds. The lowest BCUT2D eigenvalue weighted by Crippen LogP contribution is -2.45. The Morgan fingerprint density at radius 2 is 0.934 bits per heavy atom. The number of phenols is 1.